The first-order valence-electron chi connectivity index (χ1n) is 8.94. The molecule has 0 saturated heterocycles. The molecule has 0 radical (unpaired) electrons. The van der Waals surface area contributed by atoms with Crippen LogP contribution in [0.5, 0.6) is 5.75 Å². The normalized spacial score (nSPS) is 14.7. The highest BCUT2D eigenvalue weighted by molar-refractivity contribution is 14.1. The smallest absolute Gasteiger partial charge is 0.289 e. The van der Waals surface area contributed by atoms with Gasteiger partial charge in [0.25, 0.3) is 5.56 Å². The van der Waals surface area contributed by atoms with E-state index in [1.807, 2.05) is 20.8 Å². The number of nitrogens with zero attached hydrogens (tertiary/aromatic N) is 2. The topological polar surface area (TPSA) is 44.1 Å². The lowest BCUT2D eigenvalue weighted by molar-refractivity contribution is 0.292. The summed E-state index contributed by atoms with van der Waals surface area (Å²) in [5.74, 6) is 0.314. The van der Waals surface area contributed by atoms with Crippen molar-refractivity contribution in [1.82, 2.24) is 9.78 Å². The van der Waals surface area contributed by atoms with Gasteiger partial charge in [-0.05, 0) is 36.6 Å². The standard InChI is InChI=1S/C20H28ClIN2O2Si/c1-19(2,3)24-18(25)17(21)16(12-23-24)26-13-14-8-10-15(11-9-14)27(7,22)20(4,5)6/h8-12H,13H2,1-7H3. The van der Waals surface area contributed by atoms with Crippen LogP contribution >= 0.6 is 33.4 Å². The second-order valence-corrected chi connectivity index (χ2v) is 19.9. The zero-order valence-corrected chi connectivity index (χ0v) is 21.0. The van der Waals surface area contributed by atoms with Crippen LogP contribution in [-0.4, -0.2) is 15.4 Å². The first-order valence-corrected chi connectivity index (χ1v) is 14.9. The van der Waals surface area contributed by atoms with Crippen molar-refractivity contribution in [3.8, 4) is 5.75 Å². The van der Waals surface area contributed by atoms with Crippen LogP contribution < -0.4 is 15.5 Å². The molecule has 1 atom stereocenters. The minimum absolute atomic E-state index is 0.0662. The molecule has 2 rings (SSSR count). The summed E-state index contributed by atoms with van der Waals surface area (Å²) < 4.78 is 7.14. The van der Waals surface area contributed by atoms with Crippen molar-refractivity contribution >= 4 is 44.2 Å². The molecule has 0 aliphatic rings. The van der Waals surface area contributed by atoms with Crippen molar-refractivity contribution in [3.63, 3.8) is 0 Å². The average Bonchev–Trinajstić information content (AvgIpc) is 2.54. The second-order valence-electron chi connectivity index (χ2n) is 8.95. The molecular weight excluding hydrogens is 491 g/mol. The van der Waals surface area contributed by atoms with Gasteiger partial charge >= 0.3 is 0 Å². The van der Waals surface area contributed by atoms with E-state index in [0.29, 0.717) is 12.4 Å². The van der Waals surface area contributed by atoms with Crippen molar-refractivity contribution in [2.45, 2.75) is 65.3 Å². The van der Waals surface area contributed by atoms with Crippen LogP contribution in [-0.2, 0) is 12.1 Å². The molecule has 0 amide bonds. The third-order valence-corrected chi connectivity index (χ3v) is 16.1. The van der Waals surface area contributed by atoms with Gasteiger partial charge < -0.3 is 4.74 Å². The fourth-order valence-electron chi connectivity index (χ4n) is 2.50. The molecule has 148 valence electrons. The Morgan fingerprint density at radius 1 is 1.15 bits per heavy atom. The highest BCUT2D eigenvalue weighted by atomic mass is 127. The molecule has 7 heteroatoms. The molecule has 0 aliphatic carbocycles. The maximum atomic E-state index is 12.4. The van der Waals surface area contributed by atoms with E-state index in [9.17, 15) is 4.79 Å². The Kier molecular flexibility index (Phi) is 6.54. The zero-order valence-electron chi connectivity index (χ0n) is 17.1. The molecule has 1 unspecified atom stereocenters. The van der Waals surface area contributed by atoms with Crippen molar-refractivity contribution in [3.05, 3.63) is 51.4 Å². The minimum atomic E-state index is -1.58. The van der Waals surface area contributed by atoms with Crippen LogP contribution in [0.4, 0.5) is 0 Å². The molecule has 1 aromatic carbocycles. The third-order valence-electron chi connectivity index (χ3n) is 4.82. The minimum Gasteiger partial charge on any atom is -0.485 e. The highest BCUT2D eigenvalue weighted by Crippen LogP contribution is 2.40. The lowest BCUT2D eigenvalue weighted by Crippen LogP contribution is -2.46. The zero-order chi connectivity index (χ0) is 20.6. The third kappa shape index (κ3) is 4.95. The Morgan fingerprint density at radius 3 is 2.19 bits per heavy atom. The Hall–Kier alpha value is -0.863. The molecule has 0 fully saturated rings. The molecule has 0 saturated carbocycles. The molecule has 4 nitrogen and oxygen atoms in total. The number of ether oxygens (including phenoxy) is 1. The van der Waals surface area contributed by atoms with Gasteiger partial charge in [0.15, 0.2) is 16.3 Å². The van der Waals surface area contributed by atoms with E-state index in [1.54, 1.807) is 0 Å². The van der Waals surface area contributed by atoms with Crippen LogP contribution in [0.15, 0.2) is 35.3 Å². The summed E-state index contributed by atoms with van der Waals surface area (Å²) in [7, 11) is 0. The number of hydrogen-bond acceptors (Lipinski definition) is 3. The number of benzene rings is 1. The predicted octanol–water partition coefficient (Wildman–Crippen LogP) is 5.25. The Labute approximate surface area is 180 Å². The number of rotatable bonds is 4. The van der Waals surface area contributed by atoms with Gasteiger partial charge in [0.2, 0.25) is 0 Å². The van der Waals surface area contributed by atoms with E-state index < -0.39 is 11.1 Å². The van der Waals surface area contributed by atoms with Crippen LogP contribution in [0.25, 0.3) is 0 Å². The molecule has 0 spiro atoms. The van der Waals surface area contributed by atoms with Crippen molar-refractivity contribution < 1.29 is 4.74 Å². The Morgan fingerprint density at radius 2 is 1.70 bits per heavy atom. The molecule has 0 aliphatic heterocycles. The van der Waals surface area contributed by atoms with E-state index in [4.69, 9.17) is 16.3 Å². The first-order chi connectivity index (χ1) is 12.2. The van der Waals surface area contributed by atoms with Gasteiger partial charge in [0.05, 0.1) is 11.7 Å². The van der Waals surface area contributed by atoms with Crippen molar-refractivity contribution in [2.24, 2.45) is 0 Å². The lowest BCUT2D eigenvalue weighted by Gasteiger charge is -2.35. The van der Waals surface area contributed by atoms with Gasteiger partial charge in [0, 0.05) is 0 Å². The van der Waals surface area contributed by atoms with Gasteiger partial charge in [-0.1, -0.05) is 63.2 Å². The molecule has 0 bridgehead atoms. The Balaban J connectivity index is 2.17. The van der Waals surface area contributed by atoms with E-state index in [2.05, 4.69) is 78.5 Å². The quantitative estimate of drug-likeness (QED) is 0.315. The van der Waals surface area contributed by atoms with Gasteiger partial charge in [-0.15, -0.1) is 21.8 Å². The average molecular weight is 519 g/mol. The Bertz CT molecular complexity index is 866. The van der Waals surface area contributed by atoms with E-state index in [1.165, 1.54) is 16.1 Å². The van der Waals surface area contributed by atoms with Crippen molar-refractivity contribution in [1.29, 1.82) is 0 Å². The number of halogens is 2. The van der Waals surface area contributed by atoms with Gasteiger partial charge in [-0.2, -0.15) is 5.10 Å². The molecule has 0 N–H and O–H groups in total. The number of aromatic nitrogens is 2. The fourth-order valence-corrected chi connectivity index (χ4v) is 5.43. The SMILES string of the molecule is CC(C)(C)n1ncc(OCc2ccc([Si](C)(I)C(C)(C)C)cc2)c(Cl)c1=O. The van der Waals surface area contributed by atoms with Gasteiger partial charge in [-0.25, -0.2) is 4.68 Å². The maximum Gasteiger partial charge on any atom is 0.289 e. The molecular formula is C20H28ClIN2O2Si. The van der Waals surface area contributed by atoms with E-state index >= 15 is 0 Å². The molecule has 2 aromatic rings. The highest BCUT2D eigenvalue weighted by Gasteiger charge is 2.39. The summed E-state index contributed by atoms with van der Waals surface area (Å²) in [5.41, 5.74) is -1.32. The maximum absolute atomic E-state index is 12.4. The predicted molar refractivity (Wildman–Crippen MR) is 124 cm³/mol. The van der Waals surface area contributed by atoms with Gasteiger partial charge in [0.1, 0.15) is 6.61 Å². The first kappa shape index (κ1) is 22.4. The summed E-state index contributed by atoms with van der Waals surface area (Å²) in [6.07, 6.45) is 1.51. The fraction of sp³-hybridized carbons (Fsp3) is 0.500. The van der Waals surface area contributed by atoms with Crippen LogP contribution in [0, 0.1) is 0 Å². The van der Waals surface area contributed by atoms with Crippen molar-refractivity contribution in [2.75, 3.05) is 0 Å². The lowest BCUT2D eigenvalue weighted by atomic mass is 10.1. The summed E-state index contributed by atoms with van der Waals surface area (Å²) in [5, 5.41) is 5.95. The van der Waals surface area contributed by atoms with Crippen LogP contribution in [0.1, 0.15) is 47.1 Å². The van der Waals surface area contributed by atoms with E-state index in [-0.39, 0.29) is 15.6 Å². The number of hydrogen-bond donors (Lipinski definition) is 0. The summed E-state index contributed by atoms with van der Waals surface area (Å²) in [6, 6.07) is 8.56. The van der Waals surface area contributed by atoms with Gasteiger partial charge in [-0.3, -0.25) is 4.79 Å². The van der Waals surface area contributed by atoms with E-state index in [0.717, 1.165) is 5.56 Å². The van der Waals surface area contributed by atoms with Crippen LogP contribution in [0.2, 0.25) is 16.6 Å². The monoisotopic (exact) mass is 518 g/mol. The summed E-state index contributed by atoms with van der Waals surface area (Å²) >= 11 is 8.86. The largest absolute Gasteiger partial charge is 0.485 e. The molecule has 1 aromatic heterocycles. The molecule has 27 heavy (non-hydrogen) atoms. The molecule has 1 heterocycles. The van der Waals surface area contributed by atoms with Crippen LogP contribution in [0.3, 0.4) is 0 Å². The summed E-state index contributed by atoms with van der Waals surface area (Å²) in [6.45, 7) is 15.3. The summed E-state index contributed by atoms with van der Waals surface area (Å²) in [4.78, 5) is 12.4. The second kappa shape index (κ2) is 7.87.